The number of hydrogen-bond acceptors (Lipinski definition) is 3. The van der Waals surface area contributed by atoms with Crippen LogP contribution in [0.3, 0.4) is 0 Å². The summed E-state index contributed by atoms with van der Waals surface area (Å²) in [5, 5.41) is 12.8. The molecule has 110 valence electrons. The van der Waals surface area contributed by atoms with Crippen molar-refractivity contribution in [1.29, 1.82) is 0 Å². The fourth-order valence-corrected chi connectivity index (χ4v) is 3.12. The molecule has 2 rings (SSSR count). The van der Waals surface area contributed by atoms with E-state index in [0.29, 0.717) is 5.02 Å². The van der Waals surface area contributed by atoms with Crippen LogP contribution in [0.25, 0.3) is 0 Å². The second-order valence-corrected chi connectivity index (χ2v) is 6.22. The third-order valence-corrected chi connectivity index (χ3v) is 4.16. The van der Waals surface area contributed by atoms with Gasteiger partial charge in [0.25, 0.3) is 0 Å². The van der Waals surface area contributed by atoms with Gasteiger partial charge in [0.15, 0.2) is 0 Å². The van der Waals surface area contributed by atoms with Gasteiger partial charge in [0.1, 0.15) is 0 Å². The second-order valence-electron chi connectivity index (χ2n) is 4.67. The number of anilines is 1. The molecule has 0 saturated heterocycles. The predicted octanol–water partition coefficient (Wildman–Crippen LogP) is 4.50. The number of halogens is 1. The largest absolute Gasteiger partial charge is 0.389 e. The Morgan fingerprint density at radius 1 is 1.19 bits per heavy atom. The molecule has 3 nitrogen and oxygen atoms in total. The van der Waals surface area contributed by atoms with Crippen LogP contribution in [0.15, 0.2) is 52.3 Å². The highest BCUT2D eigenvalue weighted by atomic mass is 35.5. The number of hydrogen-bond donors (Lipinski definition) is 2. The minimum Gasteiger partial charge on any atom is -0.389 e. The molecular formula is C16H16ClNO2S. The molecule has 0 bridgehead atoms. The molecule has 0 fully saturated rings. The van der Waals surface area contributed by atoms with Crippen molar-refractivity contribution in [2.75, 3.05) is 5.32 Å². The van der Waals surface area contributed by atoms with Gasteiger partial charge in [-0.05, 0) is 48.9 Å². The standard InChI is InChI=1S/C16H16ClNO2S/c1-10(19)15-8-7-14(9-16(15)17)21-13-5-3-12(4-6-13)18-11(2)20/h3-10,19H,1-2H3,(H,18,20). The van der Waals surface area contributed by atoms with E-state index >= 15 is 0 Å². The Labute approximate surface area is 133 Å². The molecule has 0 radical (unpaired) electrons. The van der Waals surface area contributed by atoms with Crippen molar-refractivity contribution in [2.45, 2.75) is 29.7 Å². The maximum atomic E-state index is 11.0. The number of aliphatic hydroxyl groups is 1. The zero-order valence-electron chi connectivity index (χ0n) is 11.8. The molecule has 0 aromatic heterocycles. The third kappa shape index (κ3) is 4.49. The molecular weight excluding hydrogens is 306 g/mol. The van der Waals surface area contributed by atoms with Gasteiger partial charge in [-0.25, -0.2) is 0 Å². The highest BCUT2D eigenvalue weighted by Gasteiger charge is 2.08. The van der Waals surface area contributed by atoms with E-state index < -0.39 is 6.10 Å². The van der Waals surface area contributed by atoms with Gasteiger partial charge in [-0.15, -0.1) is 0 Å². The topological polar surface area (TPSA) is 49.3 Å². The van der Waals surface area contributed by atoms with Crippen LogP contribution in [-0.4, -0.2) is 11.0 Å². The molecule has 0 spiro atoms. The lowest BCUT2D eigenvalue weighted by atomic mass is 10.1. The van der Waals surface area contributed by atoms with Crippen LogP contribution in [0.4, 0.5) is 5.69 Å². The monoisotopic (exact) mass is 321 g/mol. The molecule has 0 aliphatic heterocycles. The van der Waals surface area contributed by atoms with Crippen molar-refractivity contribution >= 4 is 35.0 Å². The Balaban J connectivity index is 2.11. The zero-order chi connectivity index (χ0) is 15.4. The summed E-state index contributed by atoms with van der Waals surface area (Å²) < 4.78 is 0. The molecule has 2 aromatic rings. The lowest BCUT2D eigenvalue weighted by Crippen LogP contribution is -2.05. The fraction of sp³-hybridized carbons (Fsp3) is 0.188. The average Bonchev–Trinajstić information content (AvgIpc) is 2.40. The molecule has 21 heavy (non-hydrogen) atoms. The molecule has 2 aromatic carbocycles. The van der Waals surface area contributed by atoms with Crippen molar-refractivity contribution < 1.29 is 9.90 Å². The van der Waals surface area contributed by atoms with E-state index in [1.165, 1.54) is 6.92 Å². The molecule has 5 heteroatoms. The van der Waals surface area contributed by atoms with Gasteiger partial charge in [-0.1, -0.05) is 29.4 Å². The summed E-state index contributed by atoms with van der Waals surface area (Å²) >= 11 is 7.72. The summed E-state index contributed by atoms with van der Waals surface area (Å²) in [6, 6.07) is 13.2. The quantitative estimate of drug-likeness (QED) is 0.871. The highest BCUT2D eigenvalue weighted by molar-refractivity contribution is 7.99. The maximum absolute atomic E-state index is 11.0. The minimum absolute atomic E-state index is 0.0871. The van der Waals surface area contributed by atoms with Crippen molar-refractivity contribution in [3.63, 3.8) is 0 Å². The Morgan fingerprint density at radius 2 is 1.81 bits per heavy atom. The lowest BCUT2D eigenvalue weighted by molar-refractivity contribution is -0.114. The van der Waals surface area contributed by atoms with Gasteiger partial charge >= 0.3 is 0 Å². The van der Waals surface area contributed by atoms with E-state index in [9.17, 15) is 9.90 Å². The Morgan fingerprint density at radius 3 is 2.33 bits per heavy atom. The van der Waals surface area contributed by atoms with Crippen molar-refractivity contribution in [3.05, 3.63) is 53.1 Å². The van der Waals surface area contributed by atoms with Crippen LogP contribution >= 0.6 is 23.4 Å². The van der Waals surface area contributed by atoms with Gasteiger partial charge in [-0.2, -0.15) is 0 Å². The number of nitrogens with one attached hydrogen (secondary N) is 1. The van der Waals surface area contributed by atoms with E-state index in [4.69, 9.17) is 11.6 Å². The highest BCUT2D eigenvalue weighted by Crippen LogP contribution is 2.33. The van der Waals surface area contributed by atoms with E-state index in [1.54, 1.807) is 18.7 Å². The molecule has 1 amide bonds. The van der Waals surface area contributed by atoms with Gasteiger partial charge in [0.05, 0.1) is 6.10 Å². The van der Waals surface area contributed by atoms with Crippen LogP contribution in [0, 0.1) is 0 Å². The number of amides is 1. The number of aliphatic hydroxyl groups excluding tert-OH is 1. The first-order chi connectivity index (χ1) is 9.95. The molecule has 1 atom stereocenters. The first-order valence-corrected chi connectivity index (χ1v) is 7.68. The van der Waals surface area contributed by atoms with E-state index in [-0.39, 0.29) is 5.91 Å². The van der Waals surface area contributed by atoms with E-state index in [0.717, 1.165) is 21.0 Å². The van der Waals surface area contributed by atoms with E-state index in [1.807, 2.05) is 42.5 Å². The Hall–Kier alpha value is -1.49. The molecule has 0 heterocycles. The molecule has 1 unspecified atom stereocenters. The van der Waals surface area contributed by atoms with Crippen molar-refractivity contribution in [1.82, 2.24) is 0 Å². The SMILES string of the molecule is CC(=O)Nc1ccc(Sc2ccc(C(C)O)c(Cl)c2)cc1. The first-order valence-electron chi connectivity index (χ1n) is 6.48. The van der Waals surface area contributed by atoms with Gasteiger partial charge in [0, 0.05) is 27.4 Å². The molecule has 2 N–H and O–H groups in total. The molecule has 0 aliphatic carbocycles. The van der Waals surface area contributed by atoms with Crippen LogP contribution in [-0.2, 0) is 4.79 Å². The van der Waals surface area contributed by atoms with Crippen molar-refractivity contribution in [2.24, 2.45) is 0 Å². The summed E-state index contributed by atoms with van der Waals surface area (Å²) in [6.07, 6.45) is -0.575. The number of benzene rings is 2. The predicted molar refractivity (Wildman–Crippen MR) is 87.0 cm³/mol. The molecule has 0 saturated carbocycles. The van der Waals surface area contributed by atoms with Gasteiger partial charge in [-0.3, -0.25) is 4.79 Å². The van der Waals surface area contributed by atoms with Gasteiger partial charge < -0.3 is 10.4 Å². The Kier molecular flexibility index (Phi) is 5.28. The summed E-state index contributed by atoms with van der Waals surface area (Å²) in [6.45, 7) is 3.17. The van der Waals surface area contributed by atoms with E-state index in [2.05, 4.69) is 5.32 Å². The number of carbonyl (C=O) groups excluding carboxylic acids is 1. The summed E-state index contributed by atoms with van der Waals surface area (Å²) in [5.41, 5.74) is 1.50. The zero-order valence-corrected chi connectivity index (χ0v) is 13.3. The summed E-state index contributed by atoms with van der Waals surface area (Å²) in [5.74, 6) is -0.0871. The summed E-state index contributed by atoms with van der Waals surface area (Å²) in [4.78, 5) is 13.0. The first kappa shape index (κ1) is 15.9. The van der Waals surface area contributed by atoms with Gasteiger partial charge in [0.2, 0.25) is 5.91 Å². The smallest absolute Gasteiger partial charge is 0.221 e. The summed E-state index contributed by atoms with van der Waals surface area (Å²) in [7, 11) is 0. The normalized spacial score (nSPS) is 12.0. The van der Waals surface area contributed by atoms with Crippen LogP contribution in [0.2, 0.25) is 5.02 Å². The maximum Gasteiger partial charge on any atom is 0.221 e. The average molecular weight is 322 g/mol. The van der Waals surface area contributed by atoms with Crippen LogP contribution < -0.4 is 5.32 Å². The Bertz CT molecular complexity index is 641. The minimum atomic E-state index is -0.575. The van der Waals surface area contributed by atoms with Crippen LogP contribution in [0.5, 0.6) is 0 Å². The van der Waals surface area contributed by atoms with Crippen molar-refractivity contribution in [3.8, 4) is 0 Å². The van der Waals surface area contributed by atoms with Crippen LogP contribution in [0.1, 0.15) is 25.5 Å². The lowest BCUT2D eigenvalue weighted by Gasteiger charge is -2.09. The molecule has 0 aliphatic rings. The fourth-order valence-electron chi connectivity index (χ4n) is 1.86. The number of rotatable bonds is 4. The number of carbonyl (C=O) groups is 1. The third-order valence-electron chi connectivity index (χ3n) is 2.83. The second kappa shape index (κ2) is 6.98.